The Kier molecular flexibility index (Phi) is 4.18. The molecule has 0 radical (unpaired) electrons. The fraction of sp³-hybridized carbons (Fsp3) is 0.571. The van der Waals surface area contributed by atoms with Crippen LogP contribution in [0.1, 0.15) is 38.3 Å². The van der Waals surface area contributed by atoms with Gasteiger partial charge >= 0.3 is 5.97 Å². The predicted octanol–water partition coefficient (Wildman–Crippen LogP) is 2.67. The van der Waals surface area contributed by atoms with Gasteiger partial charge in [-0.3, -0.25) is 9.78 Å². The Morgan fingerprint density at radius 2 is 2.33 bits per heavy atom. The zero-order valence-electron chi connectivity index (χ0n) is 10.6. The molecule has 1 N–H and O–H groups in total. The maximum Gasteiger partial charge on any atom is 0.306 e. The second-order valence-corrected chi connectivity index (χ2v) is 4.78. The first-order valence-corrected chi connectivity index (χ1v) is 6.53. The largest absolute Gasteiger partial charge is 0.489 e. The van der Waals surface area contributed by atoms with Crippen molar-refractivity contribution in [3.63, 3.8) is 0 Å². The van der Waals surface area contributed by atoms with Crippen LogP contribution in [0.25, 0.3) is 0 Å². The number of pyridine rings is 1. The average molecular weight is 249 g/mol. The first-order chi connectivity index (χ1) is 8.69. The van der Waals surface area contributed by atoms with Crippen LogP contribution in [0.5, 0.6) is 5.75 Å². The first-order valence-electron chi connectivity index (χ1n) is 6.53. The zero-order chi connectivity index (χ0) is 13.0. The van der Waals surface area contributed by atoms with Crippen LogP contribution in [-0.2, 0) is 11.2 Å². The van der Waals surface area contributed by atoms with Crippen LogP contribution in [0, 0.1) is 5.92 Å². The summed E-state index contributed by atoms with van der Waals surface area (Å²) in [5, 5.41) is 9.02. The Balaban J connectivity index is 1.93. The van der Waals surface area contributed by atoms with E-state index in [0.717, 1.165) is 37.1 Å². The summed E-state index contributed by atoms with van der Waals surface area (Å²) in [5.74, 6) is -0.224. The van der Waals surface area contributed by atoms with Gasteiger partial charge in [0.1, 0.15) is 5.75 Å². The van der Waals surface area contributed by atoms with Gasteiger partial charge in [0.05, 0.1) is 18.2 Å². The van der Waals surface area contributed by atoms with Crippen molar-refractivity contribution in [1.82, 2.24) is 4.98 Å². The fourth-order valence-corrected chi connectivity index (χ4v) is 2.36. The molecular weight excluding hydrogens is 230 g/mol. The Morgan fingerprint density at radius 3 is 2.94 bits per heavy atom. The number of aliphatic carboxylic acids is 1. The summed E-state index contributed by atoms with van der Waals surface area (Å²) < 4.78 is 5.81. The summed E-state index contributed by atoms with van der Waals surface area (Å²) in [7, 11) is 0. The summed E-state index contributed by atoms with van der Waals surface area (Å²) in [6.07, 6.45) is 5.86. The van der Waals surface area contributed by atoms with Crippen molar-refractivity contribution < 1.29 is 14.6 Å². The van der Waals surface area contributed by atoms with Crippen LogP contribution in [-0.4, -0.2) is 22.2 Å². The molecule has 0 saturated heterocycles. The second-order valence-electron chi connectivity index (χ2n) is 4.78. The number of hydrogen-bond acceptors (Lipinski definition) is 3. The molecule has 1 heterocycles. The minimum Gasteiger partial charge on any atom is -0.489 e. The summed E-state index contributed by atoms with van der Waals surface area (Å²) in [6, 6.07) is 3.86. The molecule has 1 aliphatic carbocycles. The van der Waals surface area contributed by atoms with Crippen LogP contribution >= 0.6 is 0 Å². The molecule has 0 unspecified atom stereocenters. The minimum atomic E-state index is -0.706. The predicted molar refractivity (Wildman–Crippen MR) is 67.6 cm³/mol. The molecule has 18 heavy (non-hydrogen) atoms. The van der Waals surface area contributed by atoms with Crippen molar-refractivity contribution in [3.05, 3.63) is 24.0 Å². The molecule has 1 aromatic heterocycles. The minimum absolute atomic E-state index is 0.00845. The van der Waals surface area contributed by atoms with Gasteiger partial charge in [0.2, 0.25) is 0 Å². The van der Waals surface area contributed by atoms with E-state index in [2.05, 4.69) is 11.9 Å². The number of ether oxygens (including phenoxy) is 1. The zero-order valence-corrected chi connectivity index (χ0v) is 10.6. The molecule has 1 aromatic rings. The van der Waals surface area contributed by atoms with E-state index in [1.54, 1.807) is 6.20 Å². The van der Waals surface area contributed by atoms with Crippen LogP contribution in [0.15, 0.2) is 18.3 Å². The summed E-state index contributed by atoms with van der Waals surface area (Å²) in [6.45, 7) is 2.06. The van der Waals surface area contributed by atoms with E-state index in [1.807, 2.05) is 12.1 Å². The SMILES string of the molecule is CCc1ccc(O[C@H]2CCC[C@H](C(=O)O)C2)cn1. The van der Waals surface area contributed by atoms with Crippen molar-refractivity contribution >= 4 is 5.97 Å². The lowest BCUT2D eigenvalue weighted by Crippen LogP contribution is -2.29. The van der Waals surface area contributed by atoms with Crippen molar-refractivity contribution in [1.29, 1.82) is 0 Å². The van der Waals surface area contributed by atoms with E-state index >= 15 is 0 Å². The maximum absolute atomic E-state index is 11.0. The molecule has 0 aliphatic heterocycles. The van der Waals surface area contributed by atoms with Crippen LogP contribution in [0.4, 0.5) is 0 Å². The lowest BCUT2D eigenvalue weighted by molar-refractivity contribution is -0.143. The molecule has 2 rings (SSSR count). The summed E-state index contributed by atoms with van der Waals surface area (Å²) >= 11 is 0. The number of nitrogens with zero attached hydrogens (tertiary/aromatic N) is 1. The monoisotopic (exact) mass is 249 g/mol. The third-order valence-electron chi connectivity index (χ3n) is 3.44. The molecule has 98 valence electrons. The van der Waals surface area contributed by atoms with Crippen molar-refractivity contribution in [3.8, 4) is 5.75 Å². The van der Waals surface area contributed by atoms with E-state index in [4.69, 9.17) is 9.84 Å². The Labute approximate surface area is 107 Å². The summed E-state index contributed by atoms with van der Waals surface area (Å²) in [4.78, 5) is 15.2. The van der Waals surface area contributed by atoms with E-state index in [9.17, 15) is 4.79 Å². The number of carbonyl (C=O) groups is 1. The first kappa shape index (κ1) is 12.9. The van der Waals surface area contributed by atoms with Gasteiger partial charge in [-0.25, -0.2) is 0 Å². The number of aromatic nitrogens is 1. The number of carboxylic acids is 1. The van der Waals surface area contributed by atoms with Gasteiger partial charge < -0.3 is 9.84 Å². The van der Waals surface area contributed by atoms with Crippen LogP contribution in [0.3, 0.4) is 0 Å². The highest BCUT2D eigenvalue weighted by Gasteiger charge is 2.28. The van der Waals surface area contributed by atoms with E-state index in [0.29, 0.717) is 6.42 Å². The molecular formula is C14H19NO3. The number of aryl methyl sites for hydroxylation is 1. The lowest BCUT2D eigenvalue weighted by atomic mass is 9.87. The maximum atomic E-state index is 11.0. The average Bonchev–Trinajstić information content (AvgIpc) is 2.40. The molecule has 1 saturated carbocycles. The highest BCUT2D eigenvalue weighted by atomic mass is 16.5. The van der Waals surface area contributed by atoms with Gasteiger partial charge in [-0.15, -0.1) is 0 Å². The summed E-state index contributed by atoms with van der Waals surface area (Å²) in [5.41, 5.74) is 1.04. The highest BCUT2D eigenvalue weighted by Crippen LogP contribution is 2.27. The molecule has 0 bridgehead atoms. The molecule has 0 spiro atoms. The molecule has 1 aliphatic rings. The molecule has 0 aromatic carbocycles. The van der Waals surface area contributed by atoms with E-state index in [-0.39, 0.29) is 12.0 Å². The van der Waals surface area contributed by atoms with Crippen molar-refractivity contribution in [2.45, 2.75) is 45.1 Å². The van der Waals surface area contributed by atoms with Gasteiger partial charge in [-0.05, 0) is 44.2 Å². The Morgan fingerprint density at radius 1 is 1.50 bits per heavy atom. The van der Waals surface area contributed by atoms with Crippen molar-refractivity contribution in [2.75, 3.05) is 0 Å². The van der Waals surface area contributed by atoms with Gasteiger partial charge in [-0.2, -0.15) is 0 Å². The number of rotatable bonds is 4. The fourth-order valence-electron chi connectivity index (χ4n) is 2.36. The van der Waals surface area contributed by atoms with Gasteiger partial charge in [-0.1, -0.05) is 6.92 Å². The molecule has 4 nitrogen and oxygen atoms in total. The smallest absolute Gasteiger partial charge is 0.306 e. The third-order valence-corrected chi connectivity index (χ3v) is 3.44. The normalized spacial score (nSPS) is 23.6. The highest BCUT2D eigenvalue weighted by molar-refractivity contribution is 5.70. The van der Waals surface area contributed by atoms with Gasteiger partial charge in [0.15, 0.2) is 0 Å². The molecule has 4 heteroatoms. The quantitative estimate of drug-likeness (QED) is 0.891. The number of hydrogen-bond donors (Lipinski definition) is 1. The van der Waals surface area contributed by atoms with Crippen molar-refractivity contribution in [2.24, 2.45) is 5.92 Å². The Bertz CT molecular complexity index is 402. The van der Waals surface area contributed by atoms with Gasteiger partial charge in [0.25, 0.3) is 0 Å². The second kappa shape index (κ2) is 5.85. The van der Waals surface area contributed by atoms with E-state index in [1.165, 1.54) is 0 Å². The third kappa shape index (κ3) is 3.22. The molecule has 0 amide bonds. The molecule has 1 fully saturated rings. The van der Waals surface area contributed by atoms with Crippen LogP contribution in [0.2, 0.25) is 0 Å². The van der Waals surface area contributed by atoms with Crippen LogP contribution < -0.4 is 4.74 Å². The Hall–Kier alpha value is -1.58. The number of carboxylic acid groups (broad SMARTS) is 1. The topological polar surface area (TPSA) is 59.4 Å². The molecule has 2 atom stereocenters. The van der Waals surface area contributed by atoms with Gasteiger partial charge in [0, 0.05) is 5.69 Å². The standard InChI is InChI=1S/C14H19NO3/c1-2-11-6-7-13(9-15-11)18-12-5-3-4-10(8-12)14(16)17/h6-7,9-10,12H,2-5,8H2,1H3,(H,16,17)/t10-,12-/m0/s1. The van der Waals surface area contributed by atoms with E-state index < -0.39 is 5.97 Å². The lowest BCUT2D eigenvalue weighted by Gasteiger charge is -2.27.